The third-order valence-electron chi connectivity index (χ3n) is 2.63. The van der Waals surface area contributed by atoms with Crippen molar-refractivity contribution in [2.45, 2.75) is 20.4 Å². The van der Waals surface area contributed by atoms with Crippen LogP contribution in [0.4, 0.5) is 5.82 Å². The standard InChI is InChI=1S/C13H16N4OS/c1-3-14-12-6-10(4-5-15-12)13(18)16-7-11-9(2)17-8-19-11/h4-6,8H,3,7H2,1-2H3,(H,14,15)(H,16,18). The molecule has 5 nitrogen and oxygen atoms in total. The first kappa shape index (κ1) is 13.5. The van der Waals surface area contributed by atoms with Crippen molar-refractivity contribution in [1.82, 2.24) is 15.3 Å². The summed E-state index contributed by atoms with van der Waals surface area (Å²) >= 11 is 1.55. The SMILES string of the molecule is CCNc1cc(C(=O)NCc2scnc2C)ccn1. The van der Waals surface area contributed by atoms with Crippen molar-refractivity contribution >= 4 is 23.1 Å². The molecule has 1 amide bonds. The predicted octanol–water partition coefficient (Wildman–Crippen LogP) is 2.21. The van der Waals surface area contributed by atoms with E-state index in [2.05, 4.69) is 20.6 Å². The zero-order valence-electron chi connectivity index (χ0n) is 10.9. The lowest BCUT2D eigenvalue weighted by atomic mass is 10.2. The molecule has 0 spiro atoms. The number of aromatic nitrogens is 2. The summed E-state index contributed by atoms with van der Waals surface area (Å²) in [6, 6.07) is 3.45. The molecule has 2 aromatic rings. The summed E-state index contributed by atoms with van der Waals surface area (Å²) in [5.41, 5.74) is 3.36. The largest absolute Gasteiger partial charge is 0.370 e. The Labute approximate surface area is 116 Å². The van der Waals surface area contributed by atoms with E-state index in [0.717, 1.165) is 17.1 Å². The van der Waals surface area contributed by atoms with Crippen molar-refractivity contribution in [1.29, 1.82) is 0 Å². The summed E-state index contributed by atoms with van der Waals surface area (Å²) in [4.78, 5) is 21.4. The molecule has 0 bridgehead atoms. The van der Waals surface area contributed by atoms with Crippen molar-refractivity contribution < 1.29 is 4.79 Å². The number of hydrogen-bond acceptors (Lipinski definition) is 5. The van der Waals surface area contributed by atoms with Gasteiger partial charge in [-0.1, -0.05) is 0 Å². The van der Waals surface area contributed by atoms with Gasteiger partial charge in [0.2, 0.25) is 0 Å². The van der Waals surface area contributed by atoms with Gasteiger partial charge in [-0.25, -0.2) is 9.97 Å². The molecule has 0 fully saturated rings. The van der Waals surface area contributed by atoms with Gasteiger partial charge in [0.25, 0.3) is 5.91 Å². The molecule has 0 atom stereocenters. The van der Waals surface area contributed by atoms with Crippen LogP contribution in [-0.4, -0.2) is 22.4 Å². The summed E-state index contributed by atoms with van der Waals surface area (Å²) in [5, 5.41) is 5.97. The maximum Gasteiger partial charge on any atom is 0.251 e. The zero-order valence-corrected chi connectivity index (χ0v) is 11.8. The topological polar surface area (TPSA) is 66.9 Å². The van der Waals surface area contributed by atoms with Crippen LogP contribution in [0, 0.1) is 6.92 Å². The Hall–Kier alpha value is -1.95. The minimum Gasteiger partial charge on any atom is -0.370 e. The number of amides is 1. The van der Waals surface area contributed by atoms with Crippen molar-refractivity contribution in [3.05, 3.63) is 40.0 Å². The maximum atomic E-state index is 12.0. The number of aryl methyl sites for hydroxylation is 1. The summed E-state index contributed by atoms with van der Waals surface area (Å²) in [6.07, 6.45) is 1.63. The van der Waals surface area contributed by atoms with Gasteiger partial charge in [-0.05, 0) is 26.0 Å². The second-order valence-corrected chi connectivity index (χ2v) is 4.94. The number of carbonyl (C=O) groups is 1. The van der Waals surface area contributed by atoms with E-state index in [1.807, 2.05) is 13.8 Å². The van der Waals surface area contributed by atoms with Crippen molar-refractivity contribution in [2.75, 3.05) is 11.9 Å². The lowest BCUT2D eigenvalue weighted by molar-refractivity contribution is 0.0951. The smallest absolute Gasteiger partial charge is 0.251 e. The summed E-state index contributed by atoms with van der Waals surface area (Å²) in [7, 11) is 0. The Morgan fingerprint density at radius 1 is 1.42 bits per heavy atom. The van der Waals surface area contributed by atoms with Gasteiger partial charge in [0.15, 0.2) is 0 Å². The van der Waals surface area contributed by atoms with Crippen LogP contribution in [0.1, 0.15) is 27.9 Å². The highest BCUT2D eigenvalue weighted by Gasteiger charge is 2.08. The van der Waals surface area contributed by atoms with Crippen LogP contribution in [0.2, 0.25) is 0 Å². The van der Waals surface area contributed by atoms with Gasteiger partial charge >= 0.3 is 0 Å². The first-order chi connectivity index (χ1) is 9.20. The third kappa shape index (κ3) is 3.51. The maximum absolute atomic E-state index is 12.0. The number of anilines is 1. The number of rotatable bonds is 5. The van der Waals surface area contributed by atoms with Crippen LogP contribution in [0.15, 0.2) is 23.8 Å². The van der Waals surface area contributed by atoms with E-state index in [-0.39, 0.29) is 5.91 Å². The number of nitrogens with one attached hydrogen (secondary N) is 2. The van der Waals surface area contributed by atoms with Gasteiger partial charge in [0.05, 0.1) is 17.7 Å². The second kappa shape index (κ2) is 6.29. The van der Waals surface area contributed by atoms with E-state index in [4.69, 9.17) is 0 Å². The van der Waals surface area contributed by atoms with E-state index in [1.54, 1.807) is 35.2 Å². The molecule has 0 saturated heterocycles. The first-order valence-electron chi connectivity index (χ1n) is 6.07. The van der Waals surface area contributed by atoms with Crippen molar-refractivity contribution in [3.8, 4) is 0 Å². The fraction of sp³-hybridized carbons (Fsp3) is 0.308. The first-order valence-corrected chi connectivity index (χ1v) is 6.95. The van der Waals surface area contributed by atoms with Crippen LogP contribution < -0.4 is 10.6 Å². The minimum absolute atomic E-state index is 0.102. The number of thiazole rings is 1. The highest BCUT2D eigenvalue weighted by molar-refractivity contribution is 7.09. The third-order valence-corrected chi connectivity index (χ3v) is 3.57. The Morgan fingerprint density at radius 2 is 2.26 bits per heavy atom. The van der Waals surface area contributed by atoms with E-state index < -0.39 is 0 Å². The van der Waals surface area contributed by atoms with Crippen molar-refractivity contribution in [2.24, 2.45) is 0 Å². The molecule has 0 aromatic carbocycles. The number of nitrogens with zero attached hydrogens (tertiary/aromatic N) is 2. The molecule has 0 aliphatic heterocycles. The van der Waals surface area contributed by atoms with Crippen molar-refractivity contribution in [3.63, 3.8) is 0 Å². The molecule has 6 heteroatoms. The Morgan fingerprint density at radius 3 is 2.95 bits per heavy atom. The lowest BCUT2D eigenvalue weighted by Crippen LogP contribution is -2.22. The highest BCUT2D eigenvalue weighted by Crippen LogP contribution is 2.12. The molecule has 2 heterocycles. The Kier molecular flexibility index (Phi) is 4.46. The van der Waals surface area contributed by atoms with Crippen LogP contribution in [0.25, 0.3) is 0 Å². The molecular formula is C13H16N4OS. The van der Waals surface area contributed by atoms with Crippen LogP contribution in [0.3, 0.4) is 0 Å². The normalized spacial score (nSPS) is 10.2. The van der Waals surface area contributed by atoms with Crippen LogP contribution >= 0.6 is 11.3 Å². The van der Waals surface area contributed by atoms with Gasteiger partial charge < -0.3 is 10.6 Å². The molecule has 0 aliphatic carbocycles. The number of carbonyl (C=O) groups excluding carboxylic acids is 1. The summed E-state index contributed by atoms with van der Waals surface area (Å²) in [6.45, 7) is 5.21. The van der Waals surface area contributed by atoms with E-state index in [9.17, 15) is 4.79 Å². The van der Waals surface area contributed by atoms with Gasteiger partial charge in [0, 0.05) is 23.2 Å². The Bertz CT molecular complexity index is 567. The van der Waals surface area contributed by atoms with E-state index >= 15 is 0 Å². The molecule has 19 heavy (non-hydrogen) atoms. The average molecular weight is 276 g/mol. The second-order valence-electron chi connectivity index (χ2n) is 4.00. The number of hydrogen-bond donors (Lipinski definition) is 2. The van der Waals surface area contributed by atoms with Gasteiger partial charge in [-0.2, -0.15) is 0 Å². The van der Waals surface area contributed by atoms with Crippen LogP contribution in [-0.2, 0) is 6.54 Å². The fourth-order valence-electron chi connectivity index (χ4n) is 1.61. The van der Waals surface area contributed by atoms with Gasteiger partial charge in [0.1, 0.15) is 5.82 Å². The van der Waals surface area contributed by atoms with Gasteiger partial charge in [-0.3, -0.25) is 4.79 Å². The summed E-state index contributed by atoms with van der Waals surface area (Å²) < 4.78 is 0. The number of pyridine rings is 1. The molecule has 2 N–H and O–H groups in total. The molecule has 0 saturated carbocycles. The summed E-state index contributed by atoms with van der Waals surface area (Å²) in [5.74, 6) is 0.610. The average Bonchev–Trinajstić information content (AvgIpc) is 2.82. The molecule has 0 unspecified atom stereocenters. The fourth-order valence-corrected chi connectivity index (χ4v) is 2.32. The lowest BCUT2D eigenvalue weighted by Gasteiger charge is -2.06. The zero-order chi connectivity index (χ0) is 13.7. The molecular weight excluding hydrogens is 260 g/mol. The Balaban J connectivity index is 2.00. The molecule has 0 aliphatic rings. The minimum atomic E-state index is -0.102. The van der Waals surface area contributed by atoms with Gasteiger partial charge in [-0.15, -0.1) is 11.3 Å². The van der Waals surface area contributed by atoms with E-state index in [1.165, 1.54) is 0 Å². The monoisotopic (exact) mass is 276 g/mol. The highest BCUT2D eigenvalue weighted by atomic mass is 32.1. The molecule has 0 radical (unpaired) electrons. The predicted molar refractivity (Wildman–Crippen MR) is 76.4 cm³/mol. The molecule has 2 aromatic heterocycles. The molecule has 2 rings (SSSR count). The molecule has 100 valence electrons. The van der Waals surface area contributed by atoms with E-state index in [0.29, 0.717) is 17.9 Å². The quantitative estimate of drug-likeness (QED) is 0.878. The van der Waals surface area contributed by atoms with Crippen LogP contribution in [0.5, 0.6) is 0 Å².